The third kappa shape index (κ3) is 2.66. The summed E-state index contributed by atoms with van der Waals surface area (Å²) >= 11 is 9.40. The normalized spacial score (nSPS) is 12.7. The summed E-state index contributed by atoms with van der Waals surface area (Å²) in [5.41, 5.74) is 1.95. The largest absolute Gasteiger partial charge is 0.453 e. The lowest BCUT2D eigenvalue weighted by atomic mass is 10.1. The molecule has 1 heterocycles. The number of halogens is 3. The summed E-state index contributed by atoms with van der Waals surface area (Å²) in [5, 5.41) is 0.393. The molecule has 0 spiro atoms. The first-order valence-corrected chi connectivity index (χ1v) is 6.07. The molecule has 0 saturated heterocycles. The van der Waals surface area contributed by atoms with E-state index in [1.54, 1.807) is 18.4 Å². The molecule has 1 aromatic heterocycles. The van der Waals surface area contributed by atoms with E-state index in [1.165, 1.54) is 12.1 Å². The topological polar surface area (TPSA) is 13.1 Å². The van der Waals surface area contributed by atoms with Crippen molar-refractivity contribution in [1.82, 2.24) is 0 Å². The Morgan fingerprint density at radius 2 is 1.94 bits per heavy atom. The lowest BCUT2D eigenvalue weighted by Crippen LogP contribution is -1.94. The van der Waals surface area contributed by atoms with Crippen LogP contribution in [0.2, 0.25) is 5.22 Å². The highest BCUT2D eigenvalue weighted by Gasteiger charge is 2.14. The summed E-state index contributed by atoms with van der Waals surface area (Å²) in [7, 11) is 0. The van der Waals surface area contributed by atoms with Crippen LogP contribution in [-0.2, 0) is 6.42 Å². The first-order valence-electron chi connectivity index (χ1n) is 4.78. The Hall–Kier alpha value is -0.800. The molecular formula is C12H9BrClFO. The van der Waals surface area contributed by atoms with E-state index in [1.807, 2.05) is 6.07 Å². The third-order valence-corrected chi connectivity index (χ3v) is 3.44. The van der Waals surface area contributed by atoms with Crippen LogP contribution in [0.3, 0.4) is 0 Å². The lowest BCUT2D eigenvalue weighted by Gasteiger charge is -2.08. The van der Waals surface area contributed by atoms with Crippen molar-refractivity contribution in [2.45, 2.75) is 11.2 Å². The second-order valence-electron chi connectivity index (χ2n) is 3.45. The van der Waals surface area contributed by atoms with Crippen molar-refractivity contribution < 1.29 is 8.81 Å². The van der Waals surface area contributed by atoms with E-state index in [2.05, 4.69) is 15.9 Å². The van der Waals surface area contributed by atoms with Crippen molar-refractivity contribution in [1.29, 1.82) is 0 Å². The van der Waals surface area contributed by atoms with Gasteiger partial charge in [-0.15, -0.1) is 0 Å². The van der Waals surface area contributed by atoms with Crippen molar-refractivity contribution in [3.05, 3.63) is 58.8 Å². The average Bonchev–Trinajstić information content (AvgIpc) is 2.68. The maximum absolute atomic E-state index is 12.7. The van der Waals surface area contributed by atoms with Crippen LogP contribution in [0.5, 0.6) is 0 Å². The van der Waals surface area contributed by atoms with Gasteiger partial charge in [-0.3, -0.25) is 0 Å². The van der Waals surface area contributed by atoms with Gasteiger partial charge >= 0.3 is 0 Å². The average molecular weight is 304 g/mol. The van der Waals surface area contributed by atoms with Crippen LogP contribution in [0, 0.1) is 5.82 Å². The van der Waals surface area contributed by atoms with E-state index in [9.17, 15) is 4.39 Å². The Labute approximate surface area is 106 Å². The Morgan fingerprint density at radius 1 is 1.25 bits per heavy atom. The highest BCUT2D eigenvalue weighted by molar-refractivity contribution is 9.09. The third-order valence-electron chi connectivity index (χ3n) is 2.31. The summed E-state index contributed by atoms with van der Waals surface area (Å²) in [6.07, 6.45) is 2.29. The molecule has 0 N–H and O–H groups in total. The van der Waals surface area contributed by atoms with Gasteiger partial charge in [0.1, 0.15) is 5.82 Å². The summed E-state index contributed by atoms with van der Waals surface area (Å²) < 4.78 is 17.7. The molecule has 0 radical (unpaired) electrons. The lowest BCUT2D eigenvalue weighted by molar-refractivity contribution is 0.565. The second-order valence-corrected chi connectivity index (χ2v) is 4.90. The summed E-state index contributed by atoms with van der Waals surface area (Å²) in [5.74, 6) is -0.226. The number of hydrogen-bond donors (Lipinski definition) is 0. The smallest absolute Gasteiger partial charge is 0.197 e. The summed E-state index contributed by atoms with van der Waals surface area (Å²) in [6.45, 7) is 0. The molecule has 0 bridgehead atoms. The zero-order chi connectivity index (χ0) is 11.5. The molecule has 4 heteroatoms. The monoisotopic (exact) mass is 302 g/mol. The SMILES string of the molecule is Fc1ccc(CC(Br)c2ccoc2Cl)cc1. The molecule has 1 unspecified atom stereocenters. The van der Waals surface area contributed by atoms with Crippen molar-refractivity contribution in [3.8, 4) is 0 Å². The van der Waals surface area contributed by atoms with Gasteiger partial charge in [0.2, 0.25) is 0 Å². The molecule has 2 aromatic rings. The van der Waals surface area contributed by atoms with Gasteiger partial charge in [0, 0.05) is 10.4 Å². The van der Waals surface area contributed by atoms with Crippen molar-refractivity contribution in [2.24, 2.45) is 0 Å². The molecule has 0 aliphatic carbocycles. The number of hydrogen-bond acceptors (Lipinski definition) is 1. The van der Waals surface area contributed by atoms with Crippen LogP contribution >= 0.6 is 27.5 Å². The van der Waals surface area contributed by atoms with E-state index in [0.717, 1.165) is 17.5 Å². The molecule has 2 rings (SSSR count). The maximum atomic E-state index is 12.7. The summed E-state index contributed by atoms with van der Waals surface area (Å²) in [4.78, 5) is 0.0733. The van der Waals surface area contributed by atoms with E-state index < -0.39 is 0 Å². The molecule has 0 saturated carbocycles. The van der Waals surface area contributed by atoms with Crippen molar-refractivity contribution in [2.75, 3.05) is 0 Å². The van der Waals surface area contributed by atoms with Crippen LogP contribution in [0.1, 0.15) is 16.0 Å². The fourth-order valence-corrected chi connectivity index (χ4v) is 2.58. The van der Waals surface area contributed by atoms with Crippen LogP contribution in [0.15, 0.2) is 41.0 Å². The molecule has 0 amide bonds. The van der Waals surface area contributed by atoms with Crippen LogP contribution in [0.4, 0.5) is 4.39 Å². The zero-order valence-electron chi connectivity index (χ0n) is 8.29. The van der Waals surface area contributed by atoms with E-state index in [0.29, 0.717) is 5.22 Å². The van der Waals surface area contributed by atoms with Crippen LogP contribution < -0.4 is 0 Å². The predicted octanol–water partition coefficient (Wildman–Crippen LogP) is 4.75. The van der Waals surface area contributed by atoms with Gasteiger partial charge < -0.3 is 4.42 Å². The Morgan fingerprint density at radius 3 is 2.50 bits per heavy atom. The van der Waals surface area contributed by atoms with Gasteiger partial charge in [-0.25, -0.2) is 4.39 Å². The second kappa shape index (κ2) is 5.02. The minimum atomic E-state index is -0.226. The predicted molar refractivity (Wildman–Crippen MR) is 65.5 cm³/mol. The zero-order valence-corrected chi connectivity index (χ0v) is 10.6. The van der Waals surface area contributed by atoms with Crippen molar-refractivity contribution in [3.63, 3.8) is 0 Å². The molecule has 16 heavy (non-hydrogen) atoms. The molecule has 0 aliphatic heterocycles. The number of rotatable bonds is 3. The molecule has 0 fully saturated rings. The minimum absolute atomic E-state index is 0.0733. The molecular weight excluding hydrogens is 294 g/mol. The number of alkyl halides is 1. The molecule has 84 valence electrons. The number of furan rings is 1. The van der Waals surface area contributed by atoms with E-state index >= 15 is 0 Å². The van der Waals surface area contributed by atoms with Gasteiger partial charge in [0.05, 0.1) is 6.26 Å². The fraction of sp³-hybridized carbons (Fsp3) is 0.167. The fourth-order valence-electron chi connectivity index (χ4n) is 1.47. The molecule has 1 nitrogen and oxygen atoms in total. The van der Waals surface area contributed by atoms with Gasteiger partial charge in [-0.2, -0.15) is 0 Å². The maximum Gasteiger partial charge on any atom is 0.197 e. The first kappa shape index (κ1) is 11.7. The van der Waals surface area contributed by atoms with E-state index in [4.69, 9.17) is 16.0 Å². The highest BCUT2D eigenvalue weighted by Crippen LogP contribution is 2.32. The van der Waals surface area contributed by atoms with Crippen LogP contribution in [0.25, 0.3) is 0 Å². The highest BCUT2D eigenvalue weighted by atomic mass is 79.9. The summed E-state index contributed by atoms with van der Waals surface area (Å²) in [6, 6.07) is 8.25. The Kier molecular flexibility index (Phi) is 3.66. The quantitative estimate of drug-likeness (QED) is 0.746. The van der Waals surface area contributed by atoms with Gasteiger partial charge in [-0.05, 0) is 41.8 Å². The standard InChI is InChI=1S/C12H9BrClFO/c13-11(10-5-6-16-12(10)14)7-8-1-3-9(15)4-2-8/h1-6,11H,7H2. The van der Waals surface area contributed by atoms with Crippen molar-refractivity contribution >= 4 is 27.5 Å². The molecule has 1 atom stereocenters. The van der Waals surface area contributed by atoms with Gasteiger partial charge in [0.25, 0.3) is 0 Å². The Balaban J connectivity index is 2.10. The minimum Gasteiger partial charge on any atom is -0.453 e. The Bertz CT molecular complexity index is 466. The molecule has 1 aromatic carbocycles. The van der Waals surface area contributed by atoms with Crippen LogP contribution in [-0.4, -0.2) is 0 Å². The van der Waals surface area contributed by atoms with Gasteiger partial charge in [0.15, 0.2) is 5.22 Å². The molecule has 0 aliphatic rings. The van der Waals surface area contributed by atoms with E-state index in [-0.39, 0.29) is 10.6 Å². The van der Waals surface area contributed by atoms with Gasteiger partial charge in [-0.1, -0.05) is 28.1 Å². The first-order chi connectivity index (χ1) is 7.66. The number of benzene rings is 1.